The van der Waals surface area contributed by atoms with Gasteiger partial charge in [0.15, 0.2) is 11.6 Å². The Hall–Kier alpha value is -2.03. The highest BCUT2D eigenvalue weighted by Gasteiger charge is 2.14. The summed E-state index contributed by atoms with van der Waals surface area (Å²) in [7, 11) is 0. The molecule has 0 saturated heterocycles. The van der Waals surface area contributed by atoms with Gasteiger partial charge in [0, 0.05) is 12.8 Å². The molecular weight excluding hydrogens is 270 g/mol. The lowest BCUT2D eigenvalue weighted by atomic mass is 9.99. The number of halogens is 2. The van der Waals surface area contributed by atoms with E-state index < -0.39 is 11.6 Å². The highest BCUT2D eigenvalue weighted by atomic mass is 19.2. The summed E-state index contributed by atoms with van der Waals surface area (Å²) in [5.74, 6) is -1.92. The van der Waals surface area contributed by atoms with Gasteiger partial charge in [0.2, 0.25) is 0 Å². The standard InChI is InChI=1S/C18H16F2O/c19-17-6-2-5-15(18(17)20)11-16(21)10-12-7-8-13-3-1-4-14(13)9-12/h2,5-9H,1,3-4,10-11H2. The van der Waals surface area contributed by atoms with Gasteiger partial charge in [0.25, 0.3) is 0 Å². The van der Waals surface area contributed by atoms with Crippen LogP contribution < -0.4 is 0 Å². The number of carbonyl (C=O) groups is 1. The first-order chi connectivity index (χ1) is 10.1. The minimum Gasteiger partial charge on any atom is -0.299 e. The third-order valence-corrected chi connectivity index (χ3v) is 3.98. The summed E-state index contributed by atoms with van der Waals surface area (Å²) in [6.45, 7) is 0. The van der Waals surface area contributed by atoms with Gasteiger partial charge in [0.1, 0.15) is 5.78 Å². The second-order valence-corrected chi connectivity index (χ2v) is 5.56. The van der Waals surface area contributed by atoms with E-state index in [1.165, 1.54) is 29.7 Å². The van der Waals surface area contributed by atoms with Crippen LogP contribution in [0.1, 0.15) is 28.7 Å². The largest absolute Gasteiger partial charge is 0.299 e. The number of aryl methyl sites for hydroxylation is 2. The highest BCUT2D eigenvalue weighted by molar-refractivity contribution is 5.83. The molecule has 0 aliphatic heterocycles. The smallest absolute Gasteiger partial charge is 0.162 e. The molecule has 0 spiro atoms. The van der Waals surface area contributed by atoms with Gasteiger partial charge >= 0.3 is 0 Å². The Morgan fingerprint density at radius 3 is 2.67 bits per heavy atom. The molecule has 0 N–H and O–H groups in total. The van der Waals surface area contributed by atoms with Crippen molar-refractivity contribution < 1.29 is 13.6 Å². The van der Waals surface area contributed by atoms with Crippen LogP contribution in [0.5, 0.6) is 0 Å². The fourth-order valence-electron chi connectivity index (χ4n) is 2.92. The van der Waals surface area contributed by atoms with E-state index in [4.69, 9.17) is 0 Å². The zero-order chi connectivity index (χ0) is 14.8. The molecular formula is C18H16F2O. The Morgan fingerprint density at radius 1 is 1.00 bits per heavy atom. The first-order valence-electron chi connectivity index (χ1n) is 7.19. The predicted octanol–water partition coefficient (Wildman–Crippen LogP) is 3.81. The van der Waals surface area contributed by atoms with Gasteiger partial charge in [-0.15, -0.1) is 0 Å². The number of carbonyl (C=O) groups excluding carboxylic acids is 1. The van der Waals surface area contributed by atoms with Crippen molar-refractivity contribution in [3.63, 3.8) is 0 Å². The van der Waals surface area contributed by atoms with Gasteiger partial charge in [-0.3, -0.25) is 4.79 Å². The molecule has 0 radical (unpaired) electrons. The number of rotatable bonds is 4. The lowest BCUT2D eigenvalue weighted by molar-refractivity contribution is -0.117. The maximum Gasteiger partial charge on any atom is 0.162 e. The number of fused-ring (bicyclic) bond motifs is 1. The Labute approximate surface area is 122 Å². The van der Waals surface area contributed by atoms with Gasteiger partial charge < -0.3 is 0 Å². The summed E-state index contributed by atoms with van der Waals surface area (Å²) in [5.41, 5.74) is 3.76. The van der Waals surface area contributed by atoms with E-state index >= 15 is 0 Å². The van der Waals surface area contributed by atoms with Crippen LogP contribution in [0.4, 0.5) is 8.78 Å². The molecule has 0 unspecified atom stereocenters. The number of hydrogen-bond donors (Lipinski definition) is 0. The van der Waals surface area contributed by atoms with Gasteiger partial charge in [0.05, 0.1) is 0 Å². The van der Waals surface area contributed by atoms with E-state index in [0.717, 1.165) is 24.5 Å². The molecule has 3 heteroatoms. The second-order valence-electron chi connectivity index (χ2n) is 5.56. The van der Waals surface area contributed by atoms with Crippen molar-refractivity contribution in [1.82, 2.24) is 0 Å². The lowest BCUT2D eigenvalue weighted by Gasteiger charge is -2.06. The minimum absolute atomic E-state index is 0.0688. The van der Waals surface area contributed by atoms with E-state index in [-0.39, 0.29) is 24.2 Å². The molecule has 21 heavy (non-hydrogen) atoms. The van der Waals surface area contributed by atoms with Crippen molar-refractivity contribution in [2.75, 3.05) is 0 Å². The van der Waals surface area contributed by atoms with Crippen LogP contribution in [0.3, 0.4) is 0 Å². The zero-order valence-electron chi connectivity index (χ0n) is 11.7. The van der Waals surface area contributed by atoms with Gasteiger partial charge in [-0.05, 0) is 47.6 Å². The van der Waals surface area contributed by atoms with Gasteiger partial charge in [-0.1, -0.05) is 30.3 Å². The van der Waals surface area contributed by atoms with Crippen LogP contribution in [0.15, 0.2) is 36.4 Å². The number of ketones is 1. The third-order valence-electron chi connectivity index (χ3n) is 3.98. The highest BCUT2D eigenvalue weighted by Crippen LogP contribution is 2.23. The van der Waals surface area contributed by atoms with Crippen LogP contribution in [0.2, 0.25) is 0 Å². The van der Waals surface area contributed by atoms with Gasteiger partial charge in [-0.25, -0.2) is 8.78 Å². The molecule has 1 aliphatic rings. The predicted molar refractivity (Wildman–Crippen MR) is 77.2 cm³/mol. The van der Waals surface area contributed by atoms with E-state index in [1.54, 1.807) is 0 Å². The molecule has 0 heterocycles. The van der Waals surface area contributed by atoms with Crippen LogP contribution in [-0.4, -0.2) is 5.78 Å². The average Bonchev–Trinajstić information content (AvgIpc) is 2.91. The summed E-state index contributed by atoms with van der Waals surface area (Å²) in [5, 5.41) is 0. The molecule has 2 aromatic rings. The SMILES string of the molecule is O=C(Cc1ccc2c(c1)CCC2)Cc1cccc(F)c1F. The summed E-state index contributed by atoms with van der Waals surface area (Å²) in [6.07, 6.45) is 3.54. The first kappa shape index (κ1) is 13.9. The quantitative estimate of drug-likeness (QED) is 0.835. The average molecular weight is 286 g/mol. The van der Waals surface area contributed by atoms with Crippen molar-refractivity contribution in [3.05, 3.63) is 70.3 Å². The Morgan fingerprint density at radius 2 is 1.81 bits per heavy atom. The molecule has 0 atom stereocenters. The van der Waals surface area contributed by atoms with Crippen LogP contribution in [0.25, 0.3) is 0 Å². The zero-order valence-corrected chi connectivity index (χ0v) is 11.7. The van der Waals surface area contributed by atoms with Crippen molar-refractivity contribution in [1.29, 1.82) is 0 Å². The van der Waals surface area contributed by atoms with E-state index in [1.807, 2.05) is 6.07 Å². The van der Waals surface area contributed by atoms with Gasteiger partial charge in [-0.2, -0.15) is 0 Å². The minimum atomic E-state index is -0.917. The summed E-state index contributed by atoms with van der Waals surface area (Å²) < 4.78 is 26.7. The maximum atomic E-state index is 13.6. The summed E-state index contributed by atoms with van der Waals surface area (Å²) in [4.78, 5) is 12.1. The fourth-order valence-corrected chi connectivity index (χ4v) is 2.92. The van der Waals surface area contributed by atoms with Crippen LogP contribution >= 0.6 is 0 Å². The fraction of sp³-hybridized carbons (Fsp3) is 0.278. The van der Waals surface area contributed by atoms with E-state index in [2.05, 4.69) is 12.1 Å². The Balaban J connectivity index is 1.70. The molecule has 0 amide bonds. The molecule has 2 aromatic carbocycles. The first-order valence-corrected chi connectivity index (χ1v) is 7.19. The molecule has 1 aliphatic carbocycles. The normalized spacial score (nSPS) is 13.2. The van der Waals surface area contributed by atoms with Crippen molar-refractivity contribution in [3.8, 4) is 0 Å². The summed E-state index contributed by atoms with van der Waals surface area (Å²) >= 11 is 0. The van der Waals surface area contributed by atoms with Crippen molar-refractivity contribution >= 4 is 5.78 Å². The molecule has 0 aromatic heterocycles. The number of hydrogen-bond acceptors (Lipinski definition) is 1. The van der Waals surface area contributed by atoms with Crippen molar-refractivity contribution in [2.45, 2.75) is 32.1 Å². The number of benzene rings is 2. The maximum absolute atomic E-state index is 13.6. The molecule has 108 valence electrons. The Bertz CT molecular complexity index is 692. The molecule has 0 bridgehead atoms. The molecule has 3 rings (SSSR count). The Kier molecular flexibility index (Phi) is 3.82. The van der Waals surface area contributed by atoms with E-state index in [0.29, 0.717) is 0 Å². The van der Waals surface area contributed by atoms with Crippen molar-refractivity contribution in [2.24, 2.45) is 0 Å². The summed E-state index contributed by atoms with van der Waals surface area (Å²) in [6, 6.07) is 10.1. The third kappa shape index (κ3) is 3.02. The number of Topliss-reactive ketones (excluding diaryl/α,β-unsaturated/α-hetero) is 1. The topological polar surface area (TPSA) is 17.1 Å². The second kappa shape index (κ2) is 5.76. The molecule has 0 fully saturated rings. The lowest BCUT2D eigenvalue weighted by Crippen LogP contribution is -2.09. The molecule has 1 nitrogen and oxygen atoms in total. The molecule has 0 saturated carbocycles. The monoisotopic (exact) mass is 286 g/mol. The van der Waals surface area contributed by atoms with E-state index in [9.17, 15) is 13.6 Å². The van der Waals surface area contributed by atoms with Crippen LogP contribution in [-0.2, 0) is 30.5 Å². The van der Waals surface area contributed by atoms with Crippen LogP contribution in [0, 0.1) is 11.6 Å².